The third-order valence-electron chi connectivity index (χ3n) is 4.27. The molecule has 0 unspecified atom stereocenters. The molecule has 0 spiro atoms. The zero-order chi connectivity index (χ0) is 17.6. The smallest absolute Gasteiger partial charge is 0.270 e. The molecule has 1 aliphatic rings. The van der Waals surface area contributed by atoms with E-state index in [1.165, 1.54) is 12.1 Å². The van der Waals surface area contributed by atoms with Gasteiger partial charge in [0.2, 0.25) is 0 Å². The summed E-state index contributed by atoms with van der Waals surface area (Å²) in [6, 6.07) is 12.1. The van der Waals surface area contributed by atoms with Crippen molar-refractivity contribution < 1.29 is 9.72 Å². The molecule has 25 heavy (non-hydrogen) atoms. The number of nitro benzene ring substituents is 1. The Balaban J connectivity index is 1.90. The van der Waals surface area contributed by atoms with Crippen LogP contribution in [0.1, 0.15) is 18.3 Å². The second-order valence-corrected chi connectivity index (χ2v) is 5.70. The molecule has 0 aliphatic carbocycles. The van der Waals surface area contributed by atoms with E-state index in [9.17, 15) is 14.9 Å². The van der Waals surface area contributed by atoms with Crippen molar-refractivity contribution in [3.63, 3.8) is 0 Å². The predicted octanol–water partition coefficient (Wildman–Crippen LogP) is 3.46. The van der Waals surface area contributed by atoms with Crippen molar-refractivity contribution in [2.75, 3.05) is 5.32 Å². The lowest BCUT2D eigenvalue weighted by atomic mass is 10.1. The van der Waals surface area contributed by atoms with Crippen molar-refractivity contribution in [2.45, 2.75) is 13.5 Å². The number of para-hydroxylation sites is 2. The number of carbonyl (C=O) groups excluding carboxylic acids is 1. The van der Waals surface area contributed by atoms with E-state index in [0.29, 0.717) is 29.2 Å². The van der Waals surface area contributed by atoms with Gasteiger partial charge in [-0.05, 0) is 31.2 Å². The fourth-order valence-electron chi connectivity index (χ4n) is 3.10. The molecule has 7 nitrogen and oxygen atoms in total. The molecular formula is C18H14N4O3. The lowest BCUT2D eigenvalue weighted by molar-refractivity contribution is -0.384. The summed E-state index contributed by atoms with van der Waals surface area (Å²) in [4.78, 5) is 27.5. The summed E-state index contributed by atoms with van der Waals surface area (Å²) in [7, 11) is 0. The highest BCUT2D eigenvalue weighted by Gasteiger charge is 2.27. The molecule has 1 aromatic heterocycles. The van der Waals surface area contributed by atoms with E-state index in [0.717, 1.165) is 11.0 Å². The maximum atomic E-state index is 12.3. The number of amides is 1. The first-order valence-corrected chi connectivity index (χ1v) is 7.85. The Bertz CT molecular complexity index is 1070. The topological polar surface area (TPSA) is 90.1 Å². The van der Waals surface area contributed by atoms with Gasteiger partial charge in [-0.3, -0.25) is 14.9 Å². The lowest BCUT2D eigenvalue weighted by Gasteiger charge is -2.03. The van der Waals surface area contributed by atoms with Crippen LogP contribution in [0, 0.1) is 10.1 Å². The lowest BCUT2D eigenvalue weighted by Crippen LogP contribution is -2.04. The monoisotopic (exact) mass is 334 g/mol. The summed E-state index contributed by atoms with van der Waals surface area (Å²) in [5.41, 5.74) is 3.24. The molecule has 1 amide bonds. The molecule has 0 saturated carbocycles. The van der Waals surface area contributed by atoms with Gasteiger partial charge < -0.3 is 9.88 Å². The normalized spacial score (nSPS) is 14.8. The Morgan fingerprint density at radius 2 is 2.08 bits per heavy atom. The predicted molar refractivity (Wildman–Crippen MR) is 95.0 cm³/mol. The number of nitrogens with one attached hydrogen (secondary N) is 1. The van der Waals surface area contributed by atoms with E-state index in [4.69, 9.17) is 0 Å². The quantitative estimate of drug-likeness (QED) is 0.451. The van der Waals surface area contributed by atoms with E-state index in [1.807, 2.05) is 35.8 Å². The number of hydrogen-bond donors (Lipinski definition) is 1. The highest BCUT2D eigenvalue weighted by Crippen LogP contribution is 2.35. The minimum absolute atomic E-state index is 0.0508. The molecule has 4 rings (SSSR count). The Morgan fingerprint density at radius 3 is 2.84 bits per heavy atom. The van der Waals surface area contributed by atoms with Crippen molar-refractivity contribution in [1.29, 1.82) is 0 Å². The summed E-state index contributed by atoms with van der Waals surface area (Å²) in [6.45, 7) is 2.70. The van der Waals surface area contributed by atoms with Crippen LogP contribution in [0.2, 0.25) is 0 Å². The van der Waals surface area contributed by atoms with Crippen LogP contribution in [0.15, 0.2) is 42.5 Å². The average molecular weight is 334 g/mol. The molecule has 0 saturated heterocycles. The van der Waals surface area contributed by atoms with Gasteiger partial charge in [0.1, 0.15) is 5.82 Å². The van der Waals surface area contributed by atoms with Crippen LogP contribution in [-0.2, 0) is 11.3 Å². The Kier molecular flexibility index (Phi) is 3.35. The van der Waals surface area contributed by atoms with Crippen LogP contribution in [0.25, 0.3) is 22.7 Å². The van der Waals surface area contributed by atoms with Crippen molar-refractivity contribution in [2.24, 2.45) is 0 Å². The zero-order valence-corrected chi connectivity index (χ0v) is 13.4. The number of nitro groups is 1. The van der Waals surface area contributed by atoms with E-state index in [-0.39, 0.29) is 11.6 Å². The molecule has 2 aromatic carbocycles. The first kappa shape index (κ1) is 15.1. The van der Waals surface area contributed by atoms with E-state index >= 15 is 0 Å². The highest BCUT2D eigenvalue weighted by molar-refractivity contribution is 6.35. The number of rotatable bonds is 3. The van der Waals surface area contributed by atoms with Crippen LogP contribution < -0.4 is 5.32 Å². The van der Waals surface area contributed by atoms with E-state index in [1.54, 1.807) is 12.1 Å². The number of aryl methyl sites for hydroxylation is 1. The summed E-state index contributed by atoms with van der Waals surface area (Å²) >= 11 is 0. The standard InChI is InChI=1S/C18H14N4O3/c1-2-21-16-6-4-3-5-15(16)19-17(21)10-13-12-9-11(22(24)25)7-8-14(12)20-18(13)23/h3-10H,2H2,1H3,(H,20,23)/b13-10+. The fourth-order valence-corrected chi connectivity index (χ4v) is 3.10. The van der Waals surface area contributed by atoms with Gasteiger partial charge in [0, 0.05) is 29.9 Å². The fraction of sp³-hybridized carbons (Fsp3) is 0.111. The van der Waals surface area contributed by atoms with Gasteiger partial charge in [0.25, 0.3) is 11.6 Å². The maximum absolute atomic E-state index is 12.3. The molecule has 0 radical (unpaired) electrons. The van der Waals surface area contributed by atoms with Gasteiger partial charge >= 0.3 is 0 Å². The number of non-ortho nitro benzene ring substituents is 1. The average Bonchev–Trinajstić information content (AvgIpc) is 3.11. The van der Waals surface area contributed by atoms with E-state index in [2.05, 4.69) is 10.3 Å². The number of carbonyl (C=O) groups is 1. The van der Waals surface area contributed by atoms with Crippen LogP contribution >= 0.6 is 0 Å². The molecule has 1 N–H and O–H groups in total. The number of nitrogens with zero attached hydrogens (tertiary/aromatic N) is 3. The second kappa shape index (κ2) is 5.55. The summed E-state index contributed by atoms with van der Waals surface area (Å²) < 4.78 is 2.00. The van der Waals surface area contributed by atoms with Crippen molar-refractivity contribution >= 4 is 40.0 Å². The van der Waals surface area contributed by atoms with Crippen molar-refractivity contribution in [3.05, 3.63) is 64.0 Å². The van der Waals surface area contributed by atoms with E-state index < -0.39 is 4.92 Å². The van der Waals surface area contributed by atoms with Gasteiger partial charge in [-0.15, -0.1) is 0 Å². The molecule has 0 bridgehead atoms. The molecule has 7 heteroatoms. The third-order valence-corrected chi connectivity index (χ3v) is 4.27. The van der Waals surface area contributed by atoms with Gasteiger partial charge in [-0.1, -0.05) is 12.1 Å². The van der Waals surface area contributed by atoms with Gasteiger partial charge in [-0.25, -0.2) is 4.98 Å². The number of imidazole rings is 1. The Labute approximate surface area is 142 Å². The minimum atomic E-state index is -0.470. The molecule has 3 aromatic rings. The Morgan fingerprint density at radius 1 is 1.28 bits per heavy atom. The summed E-state index contributed by atoms with van der Waals surface area (Å²) in [5, 5.41) is 13.8. The van der Waals surface area contributed by atoms with Gasteiger partial charge in [0.05, 0.1) is 21.5 Å². The number of hydrogen-bond acceptors (Lipinski definition) is 4. The first-order chi connectivity index (χ1) is 12.1. The molecule has 2 heterocycles. The van der Waals surface area contributed by atoms with Crippen LogP contribution in [0.4, 0.5) is 11.4 Å². The SMILES string of the molecule is CCn1c(/C=C2/C(=O)Nc3ccc([N+](=O)[O-])cc32)nc2ccccc21. The number of aromatic nitrogens is 2. The minimum Gasteiger partial charge on any atom is -0.325 e. The largest absolute Gasteiger partial charge is 0.325 e. The molecule has 1 aliphatic heterocycles. The van der Waals surface area contributed by atoms with Crippen LogP contribution in [0.5, 0.6) is 0 Å². The zero-order valence-electron chi connectivity index (χ0n) is 13.4. The molecule has 0 atom stereocenters. The number of anilines is 1. The number of fused-ring (bicyclic) bond motifs is 2. The highest BCUT2D eigenvalue weighted by atomic mass is 16.6. The number of benzene rings is 2. The maximum Gasteiger partial charge on any atom is 0.270 e. The summed E-state index contributed by atoms with van der Waals surface area (Å²) in [6.07, 6.45) is 1.69. The van der Waals surface area contributed by atoms with Crippen LogP contribution in [0.3, 0.4) is 0 Å². The molecule has 124 valence electrons. The Hall–Kier alpha value is -3.48. The van der Waals surface area contributed by atoms with Crippen molar-refractivity contribution in [3.8, 4) is 0 Å². The molecular weight excluding hydrogens is 320 g/mol. The van der Waals surface area contributed by atoms with Gasteiger partial charge in [0.15, 0.2) is 0 Å². The van der Waals surface area contributed by atoms with Gasteiger partial charge in [-0.2, -0.15) is 0 Å². The molecule has 0 fully saturated rings. The first-order valence-electron chi connectivity index (χ1n) is 7.85. The summed E-state index contributed by atoms with van der Waals surface area (Å²) in [5.74, 6) is 0.360. The van der Waals surface area contributed by atoms with Crippen molar-refractivity contribution in [1.82, 2.24) is 9.55 Å². The second-order valence-electron chi connectivity index (χ2n) is 5.70. The third kappa shape index (κ3) is 2.37. The van der Waals surface area contributed by atoms with Crippen LogP contribution in [-0.4, -0.2) is 20.4 Å².